The zero-order valence-corrected chi connectivity index (χ0v) is 13.7. The lowest BCUT2D eigenvalue weighted by Crippen LogP contribution is -2.43. The van der Waals surface area contributed by atoms with Crippen LogP contribution in [0.4, 0.5) is 0 Å². The molecule has 1 rings (SSSR count). The number of nitrogens with two attached hydrogens (primary N) is 1. The summed E-state index contributed by atoms with van der Waals surface area (Å²) in [5.74, 6) is 1.09. The zero-order chi connectivity index (χ0) is 15.2. The first-order valence-electron chi connectivity index (χ1n) is 8.00. The first kappa shape index (κ1) is 17.4. The third-order valence-electron chi connectivity index (χ3n) is 4.52. The Morgan fingerprint density at radius 3 is 2.45 bits per heavy atom. The molecule has 0 aromatic carbocycles. The predicted molar refractivity (Wildman–Crippen MR) is 84.5 cm³/mol. The molecular weight excluding hydrogens is 250 g/mol. The van der Waals surface area contributed by atoms with Crippen molar-refractivity contribution in [2.45, 2.75) is 46.5 Å². The van der Waals surface area contributed by atoms with Crippen molar-refractivity contribution in [1.29, 1.82) is 0 Å². The molecule has 4 heteroatoms. The van der Waals surface area contributed by atoms with E-state index in [-0.39, 0.29) is 11.3 Å². The third-order valence-corrected chi connectivity index (χ3v) is 4.52. The minimum absolute atomic E-state index is 0.168. The van der Waals surface area contributed by atoms with Crippen LogP contribution in [0.25, 0.3) is 0 Å². The van der Waals surface area contributed by atoms with Crippen molar-refractivity contribution in [2.75, 3.05) is 33.2 Å². The van der Waals surface area contributed by atoms with Crippen LogP contribution in [-0.4, -0.2) is 44.0 Å². The van der Waals surface area contributed by atoms with Gasteiger partial charge in [-0.1, -0.05) is 20.8 Å². The quantitative estimate of drug-likeness (QED) is 0.749. The maximum atomic E-state index is 12.1. The van der Waals surface area contributed by atoms with Gasteiger partial charge in [0.25, 0.3) is 0 Å². The number of hydrogen-bond acceptors (Lipinski definition) is 3. The summed E-state index contributed by atoms with van der Waals surface area (Å²) < 4.78 is 0. The molecule has 118 valence electrons. The van der Waals surface area contributed by atoms with Gasteiger partial charge in [0.15, 0.2) is 0 Å². The zero-order valence-electron chi connectivity index (χ0n) is 13.7. The van der Waals surface area contributed by atoms with Crippen LogP contribution in [0.1, 0.15) is 46.5 Å². The number of piperidine rings is 1. The number of carbonyl (C=O) groups excluding carboxylic acids is 1. The van der Waals surface area contributed by atoms with Crippen LogP contribution < -0.4 is 11.1 Å². The molecule has 1 fully saturated rings. The van der Waals surface area contributed by atoms with Gasteiger partial charge in [0.05, 0.1) is 0 Å². The van der Waals surface area contributed by atoms with Gasteiger partial charge in [0.1, 0.15) is 0 Å². The van der Waals surface area contributed by atoms with Gasteiger partial charge in [-0.3, -0.25) is 4.79 Å². The molecule has 1 atom stereocenters. The lowest BCUT2D eigenvalue weighted by Gasteiger charge is -2.38. The van der Waals surface area contributed by atoms with Gasteiger partial charge in [0.2, 0.25) is 5.91 Å². The highest BCUT2D eigenvalue weighted by molar-refractivity contribution is 5.76. The van der Waals surface area contributed by atoms with E-state index in [2.05, 4.69) is 38.0 Å². The fraction of sp³-hybridized carbons (Fsp3) is 0.938. The molecule has 4 nitrogen and oxygen atoms in total. The molecule has 1 heterocycles. The van der Waals surface area contributed by atoms with Crippen molar-refractivity contribution in [3.63, 3.8) is 0 Å². The molecular formula is C16H33N3O. The van der Waals surface area contributed by atoms with E-state index in [1.807, 2.05) is 0 Å². The van der Waals surface area contributed by atoms with Crippen molar-refractivity contribution in [3.05, 3.63) is 0 Å². The number of amides is 1. The number of likely N-dealkylation sites (tertiary alicyclic amines) is 1. The van der Waals surface area contributed by atoms with E-state index < -0.39 is 0 Å². The third kappa shape index (κ3) is 6.23. The smallest absolute Gasteiger partial charge is 0.220 e. The lowest BCUT2D eigenvalue weighted by molar-refractivity contribution is -0.122. The normalized spacial score (nSPS) is 20.9. The molecule has 20 heavy (non-hydrogen) atoms. The molecule has 3 N–H and O–H groups in total. The summed E-state index contributed by atoms with van der Waals surface area (Å²) in [6, 6.07) is 0. The second kappa shape index (κ2) is 7.99. The molecule has 1 unspecified atom stereocenters. The predicted octanol–water partition coefficient (Wildman–Crippen LogP) is 1.85. The van der Waals surface area contributed by atoms with Gasteiger partial charge in [-0.25, -0.2) is 0 Å². The summed E-state index contributed by atoms with van der Waals surface area (Å²) in [6.45, 7) is 10.3. The van der Waals surface area contributed by atoms with Crippen LogP contribution in [0, 0.1) is 17.3 Å². The summed E-state index contributed by atoms with van der Waals surface area (Å²) >= 11 is 0. The molecule has 0 saturated carbocycles. The molecule has 0 aromatic rings. The number of nitrogens with zero attached hydrogens (tertiary/aromatic N) is 1. The van der Waals surface area contributed by atoms with Crippen molar-refractivity contribution in [3.8, 4) is 0 Å². The van der Waals surface area contributed by atoms with Crippen LogP contribution in [0.3, 0.4) is 0 Å². The average Bonchev–Trinajstić information content (AvgIpc) is 2.39. The van der Waals surface area contributed by atoms with Crippen LogP contribution in [-0.2, 0) is 4.79 Å². The molecule has 1 aliphatic rings. The fourth-order valence-corrected chi connectivity index (χ4v) is 2.91. The number of rotatable bonds is 7. The van der Waals surface area contributed by atoms with Crippen molar-refractivity contribution in [2.24, 2.45) is 23.0 Å². The van der Waals surface area contributed by atoms with E-state index in [9.17, 15) is 4.79 Å². The Kier molecular flexibility index (Phi) is 6.96. The number of carbonyl (C=O) groups is 1. The van der Waals surface area contributed by atoms with Gasteiger partial charge >= 0.3 is 0 Å². The summed E-state index contributed by atoms with van der Waals surface area (Å²) in [5.41, 5.74) is 6.03. The van der Waals surface area contributed by atoms with Crippen LogP contribution in [0.15, 0.2) is 0 Å². The SMILES string of the molecule is CC(C)CC(CN)CC(=O)NCC1(C)CCN(C)CC1. The van der Waals surface area contributed by atoms with E-state index in [1.54, 1.807) is 0 Å². The topological polar surface area (TPSA) is 58.4 Å². The molecule has 1 aliphatic heterocycles. The minimum Gasteiger partial charge on any atom is -0.356 e. The minimum atomic E-state index is 0.168. The first-order chi connectivity index (χ1) is 9.34. The Balaban J connectivity index is 2.31. The molecule has 1 amide bonds. The Morgan fingerprint density at radius 1 is 1.35 bits per heavy atom. The summed E-state index contributed by atoms with van der Waals surface area (Å²) in [5, 5.41) is 3.13. The van der Waals surface area contributed by atoms with Gasteiger partial charge in [0, 0.05) is 13.0 Å². The van der Waals surface area contributed by atoms with Gasteiger partial charge in [-0.2, -0.15) is 0 Å². The Morgan fingerprint density at radius 2 is 1.95 bits per heavy atom. The molecule has 0 aliphatic carbocycles. The van der Waals surface area contributed by atoms with E-state index in [4.69, 9.17) is 5.73 Å². The van der Waals surface area contributed by atoms with Gasteiger partial charge in [-0.05, 0) is 63.2 Å². The van der Waals surface area contributed by atoms with Crippen LogP contribution in [0.2, 0.25) is 0 Å². The molecule has 0 spiro atoms. The van der Waals surface area contributed by atoms with Crippen molar-refractivity contribution >= 4 is 5.91 Å². The molecule has 0 aromatic heterocycles. The number of nitrogens with one attached hydrogen (secondary N) is 1. The number of hydrogen-bond donors (Lipinski definition) is 2. The second-order valence-corrected chi connectivity index (χ2v) is 7.33. The van der Waals surface area contributed by atoms with Crippen LogP contribution >= 0.6 is 0 Å². The Bertz CT molecular complexity index is 296. The lowest BCUT2D eigenvalue weighted by atomic mass is 9.80. The molecule has 0 bridgehead atoms. The highest BCUT2D eigenvalue weighted by Crippen LogP contribution is 2.29. The second-order valence-electron chi connectivity index (χ2n) is 7.33. The molecule has 1 saturated heterocycles. The maximum Gasteiger partial charge on any atom is 0.220 e. The summed E-state index contributed by atoms with van der Waals surface area (Å²) in [7, 11) is 2.16. The summed E-state index contributed by atoms with van der Waals surface area (Å²) in [6.07, 6.45) is 3.93. The van der Waals surface area contributed by atoms with Crippen molar-refractivity contribution in [1.82, 2.24) is 10.2 Å². The van der Waals surface area contributed by atoms with Gasteiger partial charge < -0.3 is 16.0 Å². The average molecular weight is 283 g/mol. The van der Waals surface area contributed by atoms with E-state index in [0.717, 1.165) is 38.9 Å². The standard InChI is InChI=1S/C16H33N3O/c1-13(2)9-14(11-17)10-15(20)18-12-16(3)5-7-19(4)8-6-16/h13-14H,5-12,17H2,1-4H3,(H,18,20). The van der Waals surface area contributed by atoms with Gasteiger partial charge in [-0.15, -0.1) is 0 Å². The highest BCUT2D eigenvalue weighted by Gasteiger charge is 2.29. The molecule has 0 radical (unpaired) electrons. The largest absolute Gasteiger partial charge is 0.356 e. The van der Waals surface area contributed by atoms with Crippen molar-refractivity contribution < 1.29 is 4.79 Å². The fourth-order valence-electron chi connectivity index (χ4n) is 2.91. The highest BCUT2D eigenvalue weighted by atomic mass is 16.1. The van der Waals surface area contributed by atoms with E-state index >= 15 is 0 Å². The van der Waals surface area contributed by atoms with E-state index in [0.29, 0.717) is 24.8 Å². The van der Waals surface area contributed by atoms with Crippen LogP contribution in [0.5, 0.6) is 0 Å². The Hall–Kier alpha value is -0.610. The van der Waals surface area contributed by atoms with E-state index in [1.165, 1.54) is 0 Å². The Labute approximate surface area is 124 Å². The first-order valence-corrected chi connectivity index (χ1v) is 8.00. The maximum absolute atomic E-state index is 12.1. The summed E-state index contributed by atoms with van der Waals surface area (Å²) in [4.78, 5) is 14.4. The monoisotopic (exact) mass is 283 g/mol.